The third-order valence-corrected chi connectivity index (χ3v) is 7.69. The first-order valence-electron chi connectivity index (χ1n) is 14.5. The summed E-state index contributed by atoms with van der Waals surface area (Å²) in [6.07, 6.45) is 5.71. The van der Waals surface area contributed by atoms with Crippen LogP contribution in [0.2, 0.25) is 0 Å². The van der Waals surface area contributed by atoms with E-state index in [0.717, 1.165) is 94.0 Å². The number of halogens is 1. The first-order chi connectivity index (χ1) is 17.8. The highest BCUT2D eigenvalue weighted by atomic mass is 19.1. The molecule has 0 radical (unpaired) electrons. The Bertz CT molecular complexity index is 979. The summed E-state index contributed by atoms with van der Waals surface area (Å²) in [5.74, 6) is 1.14. The number of hydrogen-bond acceptors (Lipinski definition) is 4. The zero-order valence-electron chi connectivity index (χ0n) is 24.0. The summed E-state index contributed by atoms with van der Waals surface area (Å²) >= 11 is 0. The molecule has 1 atom stereocenters. The number of benzene rings is 1. The highest BCUT2D eigenvalue weighted by Crippen LogP contribution is 2.31. The Morgan fingerprint density at radius 2 is 1.70 bits per heavy atom. The number of hydrogen-bond donors (Lipinski definition) is 0. The van der Waals surface area contributed by atoms with Gasteiger partial charge in [-0.2, -0.15) is 5.10 Å². The Labute approximate surface area is 223 Å². The van der Waals surface area contributed by atoms with E-state index in [4.69, 9.17) is 5.10 Å². The maximum absolute atomic E-state index is 13.8. The summed E-state index contributed by atoms with van der Waals surface area (Å²) in [6.45, 7) is 18.2. The minimum atomic E-state index is -0.253. The molecule has 1 fully saturated rings. The van der Waals surface area contributed by atoms with Crippen molar-refractivity contribution in [3.8, 4) is 5.69 Å². The van der Waals surface area contributed by atoms with Crippen LogP contribution in [0.4, 0.5) is 10.2 Å². The smallest absolute Gasteiger partial charge is 0.225 e. The van der Waals surface area contributed by atoms with Gasteiger partial charge in [0.25, 0.3) is 0 Å². The van der Waals surface area contributed by atoms with Crippen molar-refractivity contribution in [2.45, 2.75) is 92.7 Å². The molecule has 1 aliphatic rings. The van der Waals surface area contributed by atoms with E-state index in [0.29, 0.717) is 12.6 Å². The number of amides is 1. The van der Waals surface area contributed by atoms with Crippen LogP contribution in [0, 0.1) is 11.7 Å². The lowest BCUT2D eigenvalue weighted by atomic mass is 9.97. The van der Waals surface area contributed by atoms with Crippen molar-refractivity contribution >= 4 is 11.7 Å². The number of carbonyl (C=O) groups excluding carboxylic acids is 1. The lowest BCUT2D eigenvalue weighted by Gasteiger charge is -2.39. The van der Waals surface area contributed by atoms with Crippen LogP contribution in [0.3, 0.4) is 0 Å². The van der Waals surface area contributed by atoms with Gasteiger partial charge in [-0.3, -0.25) is 9.69 Å². The molecule has 0 aliphatic carbocycles. The lowest BCUT2D eigenvalue weighted by Crippen LogP contribution is -2.49. The van der Waals surface area contributed by atoms with Gasteiger partial charge in [0.05, 0.1) is 17.9 Å². The SMILES string of the molecule is CCCCC(CC)C(=O)N(CCC)Cc1c(CC)nn(-c2ccc(F)cc2)c1N1CCN(C(C)C)CC1. The standard InChI is InChI=1S/C30H48FN5O/c1-7-11-12-24(9-3)30(37)35(17-8-2)22-27-28(10-4)32-36(26-15-13-25(31)14-16-26)29(27)34-20-18-33(19-21-34)23(5)6/h13-16,23-24H,7-12,17-22H2,1-6H3. The highest BCUT2D eigenvalue weighted by Gasteiger charge is 2.30. The second-order valence-electron chi connectivity index (χ2n) is 10.6. The molecule has 37 heavy (non-hydrogen) atoms. The minimum absolute atomic E-state index is 0.0711. The van der Waals surface area contributed by atoms with E-state index >= 15 is 0 Å². The van der Waals surface area contributed by atoms with Crippen LogP contribution in [0.1, 0.15) is 84.9 Å². The molecule has 2 heterocycles. The average molecular weight is 514 g/mol. The molecule has 6 nitrogen and oxygen atoms in total. The number of anilines is 1. The number of rotatable bonds is 13. The van der Waals surface area contributed by atoms with Crippen LogP contribution in [-0.4, -0.2) is 64.3 Å². The monoisotopic (exact) mass is 513 g/mol. The van der Waals surface area contributed by atoms with Crippen molar-refractivity contribution in [2.24, 2.45) is 5.92 Å². The van der Waals surface area contributed by atoms with Crippen molar-refractivity contribution in [3.63, 3.8) is 0 Å². The molecule has 0 N–H and O–H groups in total. The molecule has 1 amide bonds. The maximum Gasteiger partial charge on any atom is 0.225 e. The van der Waals surface area contributed by atoms with Crippen LogP contribution >= 0.6 is 0 Å². The second kappa shape index (κ2) is 13.9. The van der Waals surface area contributed by atoms with Crippen LogP contribution < -0.4 is 4.90 Å². The number of carbonyl (C=O) groups is 1. The normalized spacial score (nSPS) is 15.4. The minimum Gasteiger partial charge on any atom is -0.354 e. The molecule has 0 saturated carbocycles. The number of unbranched alkanes of at least 4 members (excludes halogenated alkanes) is 1. The Kier molecular flexibility index (Phi) is 11.0. The molecular weight excluding hydrogens is 465 g/mol. The van der Waals surface area contributed by atoms with Crippen LogP contribution in [-0.2, 0) is 17.8 Å². The second-order valence-corrected chi connectivity index (χ2v) is 10.6. The topological polar surface area (TPSA) is 44.6 Å². The van der Waals surface area contributed by atoms with Gasteiger partial charge in [0.2, 0.25) is 5.91 Å². The summed E-state index contributed by atoms with van der Waals surface area (Å²) in [6, 6.07) is 7.10. The van der Waals surface area contributed by atoms with Gasteiger partial charge in [0.1, 0.15) is 11.6 Å². The molecular formula is C30H48FN5O. The summed E-state index contributed by atoms with van der Waals surface area (Å²) in [7, 11) is 0. The molecule has 1 aromatic carbocycles. The van der Waals surface area contributed by atoms with Crippen LogP contribution in [0.25, 0.3) is 5.69 Å². The zero-order valence-corrected chi connectivity index (χ0v) is 24.0. The molecule has 3 rings (SSSR count). The molecule has 1 aromatic heterocycles. The maximum atomic E-state index is 13.8. The fourth-order valence-corrected chi connectivity index (χ4v) is 5.41. The fourth-order valence-electron chi connectivity index (χ4n) is 5.41. The first-order valence-corrected chi connectivity index (χ1v) is 14.5. The molecule has 7 heteroatoms. The lowest BCUT2D eigenvalue weighted by molar-refractivity contribution is -0.136. The van der Waals surface area contributed by atoms with Crippen LogP contribution in [0.15, 0.2) is 24.3 Å². The van der Waals surface area contributed by atoms with Crippen molar-refractivity contribution < 1.29 is 9.18 Å². The molecule has 1 aliphatic heterocycles. The van der Waals surface area contributed by atoms with Crippen molar-refractivity contribution in [2.75, 3.05) is 37.6 Å². The van der Waals surface area contributed by atoms with E-state index in [1.54, 1.807) is 12.1 Å². The highest BCUT2D eigenvalue weighted by molar-refractivity contribution is 5.79. The van der Waals surface area contributed by atoms with E-state index < -0.39 is 0 Å². The van der Waals surface area contributed by atoms with Gasteiger partial charge in [0, 0.05) is 50.2 Å². The molecule has 0 bridgehead atoms. The number of aromatic nitrogens is 2. The summed E-state index contributed by atoms with van der Waals surface area (Å²) in [4.78, 5) is 20.7. The Morgan fingerprint density at radius 3 is 2.24 bits per heavy atom. The Hall–Kier alpha value is -2.41. The molecule has 2 aromatic rings. The first kappa shape index (κ1) is 29.2. The Morgan fingerprint density at radius 1 is 1.03 bits per heavy atom. The largest absolute Gasteiger partial charge is 0.354 e. The zero-order chi connectivity index (χ0) is 26.9. The molecule has 206 valence electrons. The fraction of sp³-hybridized carbons (Fsp3) is 0.667. The van der Waals surface area contributed by atoms with E-state index in [1.165, 1.54) is 12.1 Å². The van der Waals surface area contributed by atoms with Gasteiger partial charge < -0.3 is 9.80 Å². The van der Waals surface area contributed by atoms with Gasteiger partial charge in [-0.05, 0) is 63.8 Å². The Balaban J connectivity index is 2.03. The average Bonchev–Trinajstić information content (AvgIpc) is 3.27. The molecule has 1 saturated heterocycles. The van der Waals surface area contributed by atoms with Crippen molar-refractivity contribution in [1.29, 1.82) is 0 Å². The van der Waals surface area contributed by atoms with E-state index in [2.05, 4.69) is 56.2 Å². The van der Waals surface area contributed by atoms with Crippen LogP contribution in [0.5, 0.6) is 0 Å². The predicted molar refractivity (Wildman–Crippen MR) is 151 cm³/mol. The van der Waals surface area contributed by atoms with Crippen molar-refractivity contribution in [3.05, 3.63) is 41.3 Å². The van der Waals surface area contributed by atoms with E-state index in [-0.39, 0.29) is 17.6 Å². The van der Waals surface area contributed by atoms with Gasteiger partial charge >= 0.3 is 0 Å². The number of nitrogens with zero attached hydrogens (tertiary/aromatic N) is 5. The summed E-state index contributed by atoms with van der Waals surface area (Å²) in [5.41, 5.74) is 3.00. The third-order valence-electron chi connectivity index (χ3n) is 7.69. The van der Waals surface area contributed by atoms with E-state index in [1.807, 2.05) is 4.68 Å². The van der Waals surface area contributed by atoms with Crippen molar-refractivity contribution in [1.82, 2.24) is 19.6 Å². The predicted octanol–water partition coefficient (Wildman–Crippen LogP) is 6.06. The van der Waals surface area contributed by atoms with Gasteiger partial charge in [-0.25, -0.2) is 9.07 Å². The van der Waals surface area contributed by atoms with Gasteiger partial charge in [0.15, 0.2) is 0 Å². The van der Waals surface area contributed by atoms with Gasteiger partial charge in [-0.15, -0.1) is 0 Å². The van der Waals surface area contributed by atoms with Gasteiger partial charge in [-0.1, -0.05) is 40.5 Å². The summed E-state index contributed by atoms with van der Waals surface area (Å²) < 4.78 is 15.8. The van der Waals surface area contributed by atoms with E-state index in [9.17, 15) is 9.18 Å². The third kappa shape index (κ3) is 7.13. The summed E-state index contributed by atoms with van der Waals surface area (Å²) in [5, 5.41) is 5.05. The number of piperazine rings is 1. The quantitative estimate of drug-likeness (QED) is 0.327. The molecule has 0 spiro atoms. The molecule has 1 unspecified atom stereocenters. The number of aryl methyl sites for hydroxylation is 1.